The van der Waals surface area contributed by atoms with Gasteiger partial charge < -0.3 is 15.4 Å². The second-order valence-electron chi connectivity index (χ2n) is 5.65. The number of ether oxygens (including phenoxy) is 1. The van der Waals surface area contributed by atoms with Gasteiger partial charge in [0.05, 0.1) is 5.54 Å². The van der Waals surface area contributed by atoms with Crippen molar-refractivity contribution in [3.63, 3.8) is 0 Å². The van der Waals surface area contributed by atoms with Gasteiger partial charge in [-0.05, 0) is 13.1 Å². The van der Waals surface area contributed by atoms with Crippen LogP contribution < -0.4 is 10.5 Å². The largest absolute Gasteiger partial charge is 0.445 e. The molecule has 0 aliphatic carbocycles. The van der Waals surface area contributed by atoms with E-state index in [0.29, 0.717) is 6.07 Å². The number of carbonyl (C=O) groups is 1. The molecule has 10 heteroatoms. The number of nitrogens with zero attached hydrogens (tertiary/aromatic N) is 1. The van der Waals surface area contributed by atoms with Gasteiger partial charge in [0.15, 0.2) is 0 Å². The van der Waals surface area contributed by atoms with Gasteiger partial charge >= 0.3 is 6.09 Å². The van der Waals surface area contributed by atoms with E-state index < -0.39 is 38.5 Å². The van der Waals surface area contributed by atoms with Crippen molar-refractivity contribution in [2.75, 3.05) is 26.7 Å². The summed E-state index contributed by atoms with van der Waals surface area (Å²) in [6.07, 6.45) is 0.552. The van der Waals surface area contributed by atoms with Crippen molar-refractivity contribution in [1.29, 1.82) is 0 Å². The number of carbonyl (C=O) groups excluding carboxylic acids is 1. The van der Waals surface area contributed by atoms with Gasteiger partial charge in [0, 0.05) is 24.7 Å². The number of amides is 1. The van der Waals surface area contributed by atoms with Gasteiger partial charge in [0.2, 0.25) is 10.0 Å². The van der Waals surface area contributed by atoms with Crippen LogP contribution >= 0.6 is 0 Å². The van der Waals surface area contributed by atoms with Crippen molar-refractivity contribution in [1.82, 2.24) is 9.62 Å². The van der Waals surface area contributed by atoms with Crippen LogP contribution in [0.15, 0.2) is 30.9 Å². The van der Waals surface area contributed by atoms with Crippen LogP contribution in [0.25, 0.3) is 0 Å². The Morgan fingerprint density at radius 3 is 2.80 bits per heavy atom. The van der Waals surface area contributed by atoms with Crippen LogP contribution in [-0.4, -0.2) is 51.4 Å². The van der Waals surface area contributed by atoms with E-state index in [0.717, 1.165) is 17.0 Å². The van der Waals surface area contributed by atoms with Crippen LogP contribution in [0.5, 0.6) is 0 Å². The predicted molar refractivity (Wildman–Crippen MR) is 87.1 cm³/mol. The summed E-state index contributed by atoms with van der Waals surface area (Å²) in [5, 5.41) is -1.35. The Morgan fingerprint density at radius 2 is 2.24 bits per heavy atom. The van der Waals surface area contributed by atoms with E-state index in [1.807, 2.05) is 0 Å². The summed E-state index contributed by atoms with van der Waals surface area (Å²) in [5.74, 6) is -1.81. The molecular weight excluding hydrogens is 356 g/mol. The third-order valence-electron chi connectivity index (χ3n) is 4.09. The van der Waals surface area contributed by atoms with Crippen LogP contribution in [0.4, 0.5) is 13.6 Å². The SMILES string of the molecule is C=CCOC(=O)N1C[C@@H](S(=O)(=O)NC)[C@](N)(c2ccc(F)cc2F)C1. The maximum Gasteiger partial charge on any atom is 0.410 e. The summed E-state index contributed by atoms with van der Waals surface area (Å²) in [6.45, 7) is 2.74. The van der Waals surface area contributed by atoms with Crippen molar-refractivity contribution < 1.29 is 26.7 Å². The Kier molecular flexibility index (Phi) is 5.45. The molecule has 0 aromatic heterocycles. The molecule has 2 rings (SSSR count). The summed E-state index contributed by atoms with van der Waals surface area (Å²) in [6, 6.07) is 2.68. The maximum absolute atomic E-state index is 14.3. The number of halogens is 2. The number of rotatable bonds is 5. The van der Waals surface area contributed by atoms with Gasteiger partial charge in [-0.2, -0.15) is 0 Å². The Morgan fingerprint density at radius 1 is 1.56 bits per heavy atom. The monoisotopic (exact) mass is 375 g/mol. The normalized spacial score (nSPS) is 23.5. The van der Waals surface area contributed by atoms with E-state index in [1.165, 1.54) is 13.1 Å². The molecule has 1 heterocycles. The van der Waals surface area contributed by atoms with Crippen molar-refractivity contribution in [2.24, 2.45) is 5.73 Å². The number of benzene rings is 1. The first-order chi connectivity index (χ1) is 11.7. The van der Waals surface area contributed by atoms with E-state index in [1.54, 1.807) is 0 Å². The van der Waals surface area contributed by atoms with Crippen LogP contribution in [0.3, 0.4) is 0 Å². The summed E-state index contributed by atoms with van der Waals surface area (Å²) < 4.78 is 59.2. The number of sulfonamides is 1. The molecule has 3 N–H and O–H groups in total. The summed E-state index contributed by atoms with van der Waals surface area (Å²) in [4.78, 5) is 13.1. The van der Waals surface area contributed by atoms with Crippen LogP contribution in [0, 0.1) is 11.6 Å². The molecule has 1 aromatic rings. The first-order valence-corrected chi connectivity index (χ1v) is 8.89. The summed E-state index contributed by atoms with van der Waals surface area (Å²) in [7, 11) is -2.78. The molecule has 1 aliphatic rings. The average molecular weight is 375 g/mol. The first-order valence-electron chi connectivity index (χ1n) is 7.35. The van der Waals surface area contributed by atoms with Gasteiger partial charge in [0.1, 0.15) is 23.5 Å². The van der Waals surface area contributed by atoms with Gasteiger partial charge in [-0.15, -0.1) is 0 Å². The topological polar surface area (TPSA) is 102 Å². The minimum absolute atomic E-state index is 0.0682. The molecule has 7 nitrogen and oxygen atoms in total. The predicted octanol–water partition coefficient (Wildman–Crippen LogP) is 0.675. The average Bonchev–Trinajstić information content (AvgIpc) is 2.92. The highest BCUT2D eigenvalue weighted by molar-refractivity contribution is 7.90. The maximum atomic E-state index is 14.3. The Balaban J connectivity index is 2.47. The van der Waals surface area contributed by atoms with Gasteiger partial charge in [-0.1, -0.05) is 18.7 Å². The molecule has 1 aliphatic heterocycles. The third-order valence-corrected chi connectivity index (χ3v) is 5.98. The van der Waals surface area contributed by atoms with E-state index >= 15 is 0 Å². The van der Waals surface area contributed by atoms with Gasteiger partial charge in [0.25, 0.3) is 0 Å². The second-order valence-corrected chi connectivity index (χ2v) is 7.72. The van der Waals surface area contributed by atoms with E-state index in [2.05, 4.69) is 11.3 Å². The van der Waals surface area contributed by atoms with E-state index in [-0.39, 0.29) is 25.3 Å². The minimum atomic E-state index is -3.97. The Bertz CT molecular complexity index is 787. The van der Waals surface area contributed by atoms with E-state index in [9.17, 15) is 22.0 Å². The Labute approximate surface area is 144 Å². The molecule has 0 unspecified atom stereocenters. The molecule has 0 spiro atoms. The molecule has 25 heavy (non-hydrogen) atoms. The molecule has 2 atom stereocenters. The highest BCUT2D eigenvalue weighted by Gasteiger charge is 2.54. The fraction of sp³-hybridized carbons (Fsp3) is 0.400. The smallest absolute Gasteiger partial charge is 0.410 e. The van der Waals surface area contributed by atoms with E-state index in [4.69, 9.17) is 10.5 Å². The molecule has 1 saturated heterocycles. The summed E-state index contributed by atoms with van der Waals surface area (Å²) >= 11 is 0. The molecule has 1 aromatic carbocycles. The molecule has 0 radical (unpaired) electrons. The fourth-order valence-electron chi connectivity index (χ4n) is 2.85. The van der Waals surface area contributed by atoms with Crippen LogP contribution in [-0.2, 0) is 20.3 Å². The number of hydrogen-bond acceptors (Lipinski definition) is 5. The number of nitrogens with one attached hydrogen (secondary N) is 1. The minimum Gasteiger partial charge on any atom is -0.445 e. The van der Waals surface area contributed by atoms with Gasteiger partial charge in [-0.25, -0.2) is 26.7 Å². The lowest BCUT2D eigenvalue weighted by atomic mass is 9.89. The quantitative estimate of drug-likeness (QED) is 0.737. The fourth-order valence-corrected chi connectivity index (χ4v) is 4.26. The van der Waals surface area contributed by atoms with Crippen molar-refractivity contribution >= 4 is 16.1 Å². The van der Waals surface area contributed by atoms with Gasteiger partial charge in [-0.3, -0.25) is 0 Å². The lowest BCUT2D eigenvalue weighted by Crippen LogP contribution is -2.53. The highest BCUT2D eigenvalue weighted by atomic mass is 32.2. The molecule has 0 saturated carbocycles. The van der Waals surface area contributed by atoms with Crippen molar-refractivity contribution in [3.8, 4) is 0 Å². The molecule has 1 amide bonds. The summed E-state index contributed by atoms with van der Waals surface area (Å²) in [5.41, 5.74) is 4.27. The van der Waals surface area contributed by atoms with Crippen LogP contribution in [0.1, 0.15) is 5.56 Å². The third kappa shape index (κ3) is 3.65. The lowest BCUT2D eigenvalue weighted by molar-refractivity contribution is 0.119. The number of hydrogen-bond donors (Lipinski definition) is 2. The van der Waals surface area contributed by atoms with Crippen LogP contribution in [0.2, 0.25) is 0 Å². The zero-order chi connectivity index (χ0) is 18.8. The Hall–Kier alpha value is -2.04. The highest BCUT2D eigenvalue weighted by Crippen LogP contribution is 2.35. The zero-order valence-corrected chi connectivity index (χ0v) is 14.4. The standard InChI is InChI=1S/C15H19F2N3O4S/c1-3-6-24-14(21)20-8-13(25(22,23)19-2)15(18,9-20)11-5-4-10(16)7-12(11)17/h3-5,7,13,19H,1,6,8-9,18H2,2H3/t13-,15-/m1/s1. The first kappa shape index (κ1) is 19.3. The molecule has 0 bridgehead atoms. The molecule has 1 fully saturated rings. The lowest BCUT2D eigenvalue weighted by Gasteiger charge is -2.30. The second kappa shape index (κ2) is 7.06. The van der Waals surface area contributed by atoms with Crippen molar-refractivity contribution in [2.45, 2.75) is 10.8 Å². The number of nitrogens with two attached hydrogens (primary N) is 1. The number of likely N-dealkylation sites (tertiary alicyclic amines) is 1. The zero-order valence-electron chi connectivity index (χ0n) is 13.5. The molecule has 138 valence electrons. The van der Waals surface area contributed by atoms with Crippen molar-refractivity contribution in [3.05, 3.63) is 48.1 Å². The molecular formula is C15H19F2N3O4S.